The molecule has 1 amide bonds. The third kappa shape index (κ3) is 2.45. The lowest BCUT2D eigenvalue weighted by molar-refractivity contribution is -0.122. The largest absolute Gasteiger partial charge is 0.409 e. The quantitative estimate of drug-likeness (QED) is 0.343. The van der Waals surface area contributed by atoms with Crippen molar-refractivity contribution in [3.8, 4) is 0 Å². The smallest absolute Gasteiger partial charge is 0.238 e. The van der Waals surface area contributed by atoms with E-state index in [1.54, 1.807) is 13.0 Å². The number of nitrogens with two attached hydrogens (primary N) is 1. The van der Waals surface area contributed by atoms with E-state index < -0.39 is 5.41 Å². The number of carbonyl (C=O) groups is 1. The zero-order valence-corrected chi connectivity index (χ0v) is 11.3. The van der Waals surface area contributed by atoms with Gasteiger partial charge in [-0.3, -0.25) is 4.79 Å². The predicted molar refractivity (Wildman–Crippen MR) is 74.1 cm³/mol. The SMILES string of the molecule is Cc1cc(NC(=O)C2(C(N)=NO)CCCC2)ccc1F. The van der Waals surface area contributed by atoms with Crippen molar-refractivity contribution in [2.75, 3.05) is 5.32 Å². The number of nitrogens with one attached hydrogen (secondary N) is 1. The number of amides is 1. The van der Waals surface area contributed by atoms with Crippen LogP contribution in [0.4, 0.5) is 10.1 Å². The number of carbonyl (C=O) groups excluding carboxylic acids is 1. The van der Waals surface area contributed by atoms with Gasteiger partial charge in [-0.1, -0.05) is 18.0 Å². The van der Waals surface area contributed by atoms with Gasteiger partial charge in [0.05, 0.1) is 0 Å². The maximum absolute atomic E-state index is 13.2. The Bertz CT molecular complexity index is 551. The maximum atomic E-state index is 13.2. The van der Waals surface area contributed by atoms with Crippen LogP contribution in [0.5, 0.6) is 0 Å². The van der Waals surface area contributed by atoms with Crippen LogP contribution in [0.25, 0.3) is 0 Å². The Kier molecular flexibility index (Phi) is 3.92. The number of nitrogens with zero attached hydrogens (tertiary/aromatic N) is 1. The van der Waals surface area contributed by atoms with E-state index in [9.17, 15) is 9.18 Å². The minimum Gasteiger partial charge on any atom is -0.409 e. The average Bonchev–Trinajstić information content (AvgIpc) is 2.93. The summed E-state index contributed by atoms with van der Waals surface area (Å²) < 4.78 is 13.2. The summed E-state index contributed by atoms with van der Waals surface area (Å²) in [6.07, 6.45) is 2.81. The molecule has 1 fully saturated rings. The number of rotatable bonds is 3. The van der Waals surface area contributed by atoms with E-state index in [0.29, 0.717) is 24.1 Å². The zero-order valence-electron chi connectivity index (χ0n) is 11.3. The van der Waals surface area contributed by atoms with Gasteiger partial charge in [0.25, 0.3) is 0 Å². The van der Waals surface area contributed by atoms with Gasteiger partial charge in [-0.2, -0.15) is 0 Å². The van der Waals surface area contributed by atoms with Crippen LogP contribution in [-0.4, -0.2) is 17.0 Å². The molecular weight excluding hydrogens is 261 g/mol. The molecule has 0 radical (unpaired) electrons. The molecule has 0 atom stereocenters. The van der Waals surface area contributed by atoms with E-state index in [1.165, 1.54) is 12.1 Å². The van der Waals surface area contributed by atoms with Gasteiger partial charge in [-0.15, -0.1) is 0 Å². The molecule has 5 nitrogen and oxygen atoms in total. The molecule has 0 bridgehead atoms. The highest BCUT2D eigenvalue weighted by molar-refractivity contribution is 6.12. The minimum atomic E-state index is -0.961. The van der Waals surface area contributed by atoms with Crippen molar-refractivity contribution in [2.24, 2.45) is 16.3 Å². The van der Waals surface area contributed by atoms with Gasteiger partial charge in [0.1, 0.15) is 11.2 Å². The molecule has 0 aliphatic heterocycles. The van der Waals surface area contributed by atoms with Crippen LogP contribution in [0.1, 0.15) is 31.2 Å². The molecule has 6 heteroatoms. The molecule has 108 valence electrons. The van der Waals surface area contributed by atoms with Gasteiger partial charge >= 0.3 is 0 Å². The lowest BCUT2D eigenvalue weighted by Gasteiger charge is -2.26. The lowest BCUT2D eigenvalue weighted by atomic mass is 9.83. The lowest BCUT2D eigenvalue weighted by Crippen LogP contribution is -2.45. The molecule has 0 unspecified atom stereocenters. The Hall–Kier alpha value is -2.11. The van der Waals surface area contributed by atoms with Gasteiger partial charge in [-0.05, 0) is 43.5 Å². The molecule has 0 heterocycles. The average molecular weight is 279 g/mol. The first-order valence-corrected chi connectivity index (χ1v) is 6.55. The normalized spacial score (nSPS) is 18.0. The molecule has 1 aromatic carbocycles. The first-order chi connectivity index (χ1) is 9.49. The second kappa shape index (κ2) is 5.48. The number of oxime groups is 1. The Morgan fingerprint density at radius 3 is 2.65 bits per heavy atom. The topological polar surface area (TPSA) is 87.7 Å². The highest BCUT2D eigenvalue weighted by atomic mass is 19.1. The highest BCUT2D eigenvalue weighted by Crippen LogP contribution is 2.39. The molecule has 1 aliphatic carbocycles. The van der Waals surface area contributed by atoms with E-state index in [1.807, 2.05) is 0 Å². The van der Waals surface area contributed by atoms with E-state index in [0.717, 1.165) is 12.8 Å². The van der Waals surface area contributed by atoms with E-state index in [-0.39, 0.29) is 17.6 Å². The van der Waals surface area contributed by atoms with E-state index in [2.05, 4.69) is 10.5 Å². The van der Waals surface area contributed by atoms with Crippen molar-refractivity contribution in [3.05, 3.63) is 29.6 Å². The van der Waals surface area contributed by atoms with E-state index >= 15 is 0 Å². The van der Waals surface area contributed by atoms with Crippen LogP contribution in [0, 0.1) is 18.2 Å². The Morgan fingerprint density at radius 2 is 2.10 bits per heavy atom. The predicted octanol–water partition coefficient (Wildman–Crippen LogP) is 2.38. The molecule has 0 spiro atoms. The molecule has 0 aromatic heterocycles. The molecule has 1 aromatic rings. The number of amidine groups is 1. The van der Waals surface area contributed by atoms with Crippen LogP contribution in [0.15, 0.2) is 23.4 Å². The fourth-order valence-corrected chi connectivity index (χ4v) is 2.65. The third-order valence-electron chi connectivity index (χ3n) is 3.91. The van der Waals surface area contributed by atoms with Crippen molar-refractivity contribution >= 4 is 17.4 Å². The van der Waals surface area contributed by atoms with Crippen molar-refractivity contribution in [1.82, 2.24) is 0 Å². The zero-order chi connectivity index (χ0) is 14.8. The highest BCUT2D eigenvalue weighted by Gasteiger charge is 2.45. The number of benzene rings is 1. The summed E-state index contributed by atoms with van der Waals surface area (Å²) in [4.78, 5) is 12.5. The summed E-state index contributed by atoms with van der Waals surface area (Å²) in [7, 11) is 0. The Morgan fingerprint density at radius 1 is 1.45 bits per heavy atom. The molecule has 0 saturated heterocycles. The molecule has 2 rings (SSSR count). The third-order valence-corrected chi connectivity index (χ3v) is 3.91. The number of hydrogen-bond donors (Lipinski definition) is 3. The number of aryl methyl sites for hydroxylation is 1. The number of hydrogen-bond acceptors (Lipinski definition) is 3. The summed E-state index contributed by atoms with van der Waals surface area (Å²) in [5, 5.41) is 14.6. The van der Waals surface area contributed by atoms with Crippen LogP contribution in [0.2, 0.25) is 0 Å². The fraction of sp³-hybridized carbons (Fsp3) is 0.429. The number of anilines is 1. The summed E-state index contributed by atoms with van der Waals surface area (Å²) in [6.45, 7) is 1.62. The molecule has 20 heavy (non-hydrogen) atoms. The Balaban J connectivity index is 2.23. The van der Waals surface area contributed by atoms with Gasteiger partial charge < -0.3 is 16.3 Å². The first-order valence-electron chi connectivity index (χ1n) is 6.55. The van der Waals surface area contributed by atoms with Gasteiger partial charge in [0, 0.05) is 5.69 Å². The van der Waals surface area contributed by atoms with E-state index in [4.69, 9.17) is 10.9 Å². The van der Waals surface area contributed by atoms with Crippen LogP contribution < -0.4 is 11.1 Å². The van der Waals surface area contributed by atoms with Crippen LogP contribution in [-0.2, 0) is 4.79 Å². The minimum absolute atomic E-state index is 0.0636. The molecule has 1 saturated carbocycles. The van der Waals surface area contributed by atoms with Crippen molar-refractivity contribution in [1.29, 1.82) is 0 Å². The van der Waals surface area contributed by atoms with Gasteiger partial charge in [0.2, 0.25) is 5.91 Å². The fourth-order valence-electron chi connectivity index (χ4n) is 2.65. The maximum Gasteiger partial charge on any atom is 0.238 e. The van der Waals surface area contributed by atoms with Crippen molar-refractivity contribution in [3.63, 3.8) is 0 Å². The summed E-state index contributed by atoms with van der Waals surface area (Å²) in [5.41, 5.74) is 5.70. The first kappa shape index (κ1) is 14.3. The molecular formula is C14H18FN3O2. The monoisotopic (exact) mass is 279 g/mol. The van der Waals surface area contributed by atoms with Gasteiger partial charge in [-0.25, -0.2) is 4.39 Å². The van der Waals surface area contributed by atoms with Crippen molar-refractivity contribution in [2.45, 2.75) is 32.6 Å². The van der Waals surface area contributed by atoms with Crippen LogP contribution in [0.3, 0.4) is 0 Å². The van der Waals surface area contributed by atoms with Gasteiger partial charge in [0.15, 0.2) is 5.84 Å². The van der Waals surface area contributed by atoms with Crippen molar-refractivity contribution < 1.29 is 14.4 Å². The summed E-state index contributed by atoms with van der Waals surface area (Å²) in [5.74, 6) is -0.697. The standard InChI is InChI=1S/C14H18FN3O2/c1-9-8-10(4-5-11(9)15)17-13(19)14(12(16)18-20)6-2-3-7-14/h4-5,8,20H,2-3,6-7H2,1H3,(H2,16,18)(H,17,19). The number of halogens is 1. The summed E-state index contributed by atoms with van der Waals surface area (Å²) >= 11 is 0. The second-order valence-corrected chi connectivity index (χ2v) is 5.19. The second-order valence-electron chi connectivity index (χ2n) is 5.19. The molecule has 1 aliphatic rings. The summed E-state index contributed by atoms with van der Waals surface area (Å²) in [6, 6.07) is 4.35. The Labute approximate surface area is 116 Å². The van der Waals surface area contributed by atoms with Crippen LogP contribution >= 0.6 is 0 Å². The molecule has 4 N–H and O–H groups in total.